The molecule has 1 fully saturated rings. The lowest BCUT2D eigenvalue weighted by Gasteiger charge is -2.33. The zero-order valence-electron chi connectivity index (χ0n) is 15.0. The Balaban J connectivity index is 1.56. The summed E-state index contributed by atoms with van der Waals surface area (Å²) in [4.78, 5) is 37.7. The van der Waals surface area contributed by atoms with E-state index >= 15 is 0 Å². The minimum Gasteiger partial charge on any atom is -0.445 e. The number of nitrogens with one attached hydrogen (secondary N) is 2. The van der Waals surface area contributed by atoms with Crippen molar-refractivity contribution in [2.75, 3.05) is 5.32 Å². The van der Waals surface area contributed by atoms with E-state index in [9.17, 15) is 14.4 Å². The number of cyclic esters (lactones) is 1. The molecule has 0 bridgehead atoms. The minimum atomic E-state index is -1.34. The summed E-state index contributed by atoms with van der Waals surface area (Å²) in [5.41, 5.74) is 0.699. The molecule has 2 aliphatic rings. The van der Waals surface area contributed by atoms with E-state index in [4.69, 9.17) is 4.74 Å². The van der Waals surface area contributed by atoms with Gasteiger partial charge in [0.05, 0.1) is 16.8 Å². The number of esters is 1. The van der Waals surface area contributed by atoms with Gasteiger partial charge in [-0.15, -0.1) is 0 Å². The summed E-state index contributed by atoms with van der Waals surface area (Å²) in [7, 11) is 0. The van der Waals surface area contributed by atoms with Crippen LogP contribution in [-0.4, -0.2) is 29.4 Å². The molecule has 2 N–H and O–H groups in total. The van der Waals surface area contributed by atoms with Crippen molar-refractivity contribution < 1.29 is 19.1 Å². The molecule has 27 heavy (non-hydrogen) atoms. The van der Waals surface area contributed by atoms with Crippen LogP contribution in [-0.2, 0) is 16.0 Å². The molecule has 2 aromatic rings. The van der Waals surface area contributed by atoms with Crippen molar-refractivity contribution in [3.63, 3.8) is 0 Å². The fraction of sp³-hybridized carbons (Fsp3) is 0.286. The van der Waals surface area contributed by atoms with E-state index in [1.807, 2.05) is 12.1 Å². The molecule has 1 unspecified atom stereocenters. The molecule has 6 heteroatoms. The zero-order valence-corrected chi connectivity index (χ0v) is 15.0. The number of para-hydroxylation sites is 1. The largest absolute Gasteiger partial charge is 0.445 e. The van der Waals surface area contributed by atoms with Crippen molar-refractivity contribution >= 4 is 23.5 Å². The summed E-state index contributed by atoms with van der Waals surface area (Å²) in [5, 5.41) is 5.69. The van der Waals surface area contributed by atoms with Crippen LogP contribution in [0.3, 0.4) is 0 Å². The Hall–Kier alpha value is -3.15. The molecule has 1 saturated carbocycles. The maximum absolute atomic E-state index is 12.9. The van der Waals surface area contributed by atoms with Gasteiger partial charge in [-0.05, 0) is 43.5 Å². The average Bonchev–Trinajstić information content (AvgIpc) is 3.46. The van der Waals surface area contributed by atoms with E-state index in [-0.39, 0.29) is 18.4 Å². The highest BCUT2D eigenvalue weighted by atomic mass is 16.6. The fourth-order valence-electron chi connectivity index (χ4n) is 3.19. The van der Waals surface area contributed by atoms with Gasteiger partial charge < -0.3 is 15.4 Å². The van der Waals surface area contributed by atoms with Crippen LogP contribution in [0.5, 0.6) is 0 Å². The van der Waals surface area contributed by atoms with Crippen LogP contribution in [0, 0.1) is 0 Å². The van der Waals surface area contributed by atoms with Gasteiger partial charge in [-0.2, -0.15) is 0 Å². The van der Waals surface area contributed by atoms with Gasteiger partial charge in [0.15, 0.2) is 5.60 Å². The van der Waals surface area contributed by atoms with E-state index in [0.717, 1.165) is 18.4 Å². The number of carbonyl (C=O) groups is 3. The Bertz CT molecular complexity index is 935. The van der Waals surface area contributed by atoms with Gasteiger partial charge in [0.2, 0.25) is 0 Å². The monoisotopic (exact) mass is 364 g/mol. The van der Waals surface area contributed by atoms with Crippen molar-refractivity contribution in [1.29, 1.82) is 0 Å². The molecule has 4 rings (SSSR count). The maximum Gasteiger partial charge on any atom is 0.339 e. The lowest BCUT2D eigenvalue weighted by Crippen LogP contribution is -2.49. The third-order valence-corrected chi connectivity index (χ3v) is 4.90. The number of benzene rings is 2. The molecule has 1 heterocycles. The Morgan fingerprint density at radius 1 is 1.07 bits per heavy atom. The van der Waals surface area contributed by atoms with Crippen molar-refractivity contribution in [2.24, 2.45) is 0 Å². The molecular formula is C21H20N2O4. The van der Waals surface area contributed by atoms with Crippen molar-refractivity contribution in [1.82, 2.24) is 5.32 Å². The van der Waals surface area contributed by atoms with Gasteiger partial charge in [-0.1, -0.05) is 30.3 Å². The fourth-order valence-corrected chi connectivity index (χ4v) is 3.19. The van der Waals surface area contributed by atoms with Crippen molar-refractivity contribution in [3.8, 4) is 0 Å². The van der Waals surface area contributed by atoms with Crippen LogP contribution in [0.25, 0.3) is 0 Å². The van der Waals surface area contributed by atoms with Crippen LogP contribution < -0.4 is 10.6 Å². The van der Waals surface area contributed by atoms with E-state index < -0.39 is 17.5 Å². The maximum atomic E-state index is 12.9. The first kappa shape index (κ1) is 17.3. The minimum absolute atomic E-state index is 0.217. The third kappa shape index (κ3) is 3.43. The number of rotatable bonds is 4. The van der Waals surface area contributed by atoms with Crippen molar-refractivity contribution in [2.45, 2.75) is 37.8 Å². The predicted octanol–water partition coefficient (Wildman–Crippen LogP) is 2.69. The number of fused-ring (bicyclic) bond motifs is 1. The van der Waals surface area contributed by atoms with Gasteiger partial charge >= 0.3 is 5.97 Å². The van der Waals surface area contributed by atoms with Gasteiger partial charge in [-0.3, -0.25) is 9.59 Å². The third-order valence-electron chi connectivity index (χ3n) is 4.90. The highest BCUT2D eigenvalue weighted by molar-refractivity contribution is 6.07. The Kier molecular flexibility index (Phi) is 4.18. The van der Waals surface area contributed by atoms with Crippen LogP contribution in [0.15, 0.2) is 48.5 Å². The molecule has 0 aromatic heterocycles. The van der Waals surface area contributed by atoms with Gasteiger partial charge in [0, 0.05) is 12.5 Å². The molecule has 1 aliphatic carbocycles. The average molecular weight is 364 g/mol. The molecule has 6 nitrogen and oxygen atoms in total. The van der Waals surface area contributed by atoms with E-state index in [0.29, 0.717) is 16.8 Å². The molecule has 1 aliphatic heterocycles. The molecule has 0 saturated heterocycles. The molecule has 138 valence electrons. The van der Waals surface area contributed by atoms with Gasteiger partial charge in [-0.25, -0.2) is 4.79 Å². The Morgan fingerprint density at radius 2 is 1.78 bits per heavy atom. The second kappa shape index (κ2) is 6.54. The zero-order chi connectivity index (χ0) is 19.0. The lowest BCUT2D eigenvalue weighted by molar-refractivity contribution is -0.134. The first-order valence-electron chi connectivity index (χ1n) is 8.99. The van der Waals surface area contributed by atoms with Crippen molar-refractivity contribution in [3.05, 3.63) is 65.2 Å². The topological polar surface area (TPSA) is 84.5 Å². The number of anilines is 1. The second-order valence-corrected chi connectivity index (χ2v) is 7.20. The summed E-state index contributed by atoms with van der Waals surface area (Å²) >= 11 is 0. The quantitative estimate of drug-likeness (QED) is 0.817. The SMILES string of the molecule is CC1(C(=O)Nc2ccccc2C(=O)NC2CC2)Cc2ccccc2C(=O)O1. The second-order valence-electron chi connectivity index (χ2n) is 7.20. The molecule has 2 aromatic carbocycles. The van der Waals surface area contributed by atoms with E-state index in [1.54, 1.807) is 43.3 Å². The highest BCUT2D eigenvalue weighted by Gasteiger charge is 2.42. The molecule has 1 atom stereocenters. The van der Waals surface area contributed by atoms with E-state index in [2.05, 4.69) is 10.6 Å². The molecule has 2 amide bonds. The smallest absolute Gasteiger partial charge is 0.339 e. The lowest BCUT2D eigenvalue weighted by atomic mass is 9.89. The summed E-state index contributed by atoms with van der Waals surface area (Å²) in [5.74, 6) is -1.20. The van der Waals surface area contributed by atoms with Crippen LogP contribution in [0.2, 0.25) is 0 Å². The van der Waals surface area contributed by atoms with Crippen LogP contribution >= 0.6 is 0 Å². The number of hydrogen-bond acceptors (Lipinski definition) is 4. The predicted molar refractivity (Wildman–Crippen MR) is 99.5 cm³/mol. The summed E-state index contributed by atoms with van der Waals surface area (Å²) in [6, 6.07) is 14.1. The number of hydrogen-bond donors (Lipinski definition) is 2. The van der Waals surface area contributed by atoms with E-state index in [1.165, 1.54) is 0 Å². The first-order valence-corrected chi connectivity index (χ1v) is 8.99. The van der Waals surface area contributed by atoms with Gasteiger partial charge in [0.25, 0.3) is 11.8 Å². The molecule has 0 radical (unpaired) electrons. The standard InChI is InChI=1S/C21H20N2O4/c1-21(12-13-6-2-3-7-15(13)19(25)27-21)20(26)23-17-9-5-4-8-16(17)18(24)22-14-10-11-14/h2-9,14H,10-12H2,1H3,(H,22,24)(H,23,26). The summed E-state index contributed by atoms with van der Waals surface area (Å²) < 4.78 is 5.46. The Morgan fingerprint density at radius 3 is 2.56 bits per heavy atom. The highest BCUT2D eigenvalue weighted by Crippen LogP contribution is 2.30. The summed E-state index contributed by atoms with van der Waals surface area (Å²) in [6.07, 6.45) is 2.23. The number of ether oxygens (including phenoxy) is 1. The summed E-state index contributed by atoms with van der Waals surface area (Å²) in [6.45, 7) is 1.59. The normalized spacial score (nSPS) is 21.0. The van der Waals surface area contributed by atoms with Gasteiger partial charge in [0.1, 0.15) is 0 Å². The van der Waals surface area contributed by atoms with Crippen LogP contribution in [0.4, 0.5) is 5.69 Å². The first-order chi connectivity index (χ1) is 13.0. The number of carbonyl (C=O) groups excluding carboxylic acids is 3. The number of amides is 2. The van der Waals surface area contributed by atoms with Crippen LogP contribution in [0.1, 0.15) is 46.0 Å². The molecule has 0 spiro atoms. The Labute approximate surface area is 156 Å². The molecular weight excluding hydrogens is 344 g/mol.